The van der Waals surface area contributed by atoms with Crippen LogP contribution in [0.5, 0.6) is 0 Å². The first-order valence-electron chi connectivity index (χ1n) is 4.66. The summed E-state index contributed by atoms with van der Waals surface area (Å²) >= 11 is 0. The van der Waals surface area contributed by atoms with Crippen molar-refractivity contribution in [1.29, 1.82) is 0 Å². The minimum absolute atomic E-state index is 0.0310. The van der Waals surface area contributed by atoms with Crippen molar-refractivity contribution in [1.82, 2.24) is 4.90 Å². The average Bonchev–Trinajstić information content (AvgIpc) is 2.11. The molecular weight excluding hydrogens is 152 g/mol. The van der Waals surface area contributed by atoms with Crippen molar-refractivity contribution >= 4 is 5.91 Å². The SMILES string of the molecule is CCCN(CC)C(=O)C(C)CN. The Labute approximate surface area is 74.9 Å². The van der Waals surface area contributed by atoms with E-state index in [0.29, 0.717) is 6.54 Å². The molecule has 3 nitrogen and oxygen atoms in total. The largest absolute Gasteiger partial charge is 0.343 e. The highest BCUT2D eigenvalue weighted by Crippen LogP contribution is 2.01. The number of carbonyl (C=O) groups is 1. The summed E-state index contributed by atoms with van der Waals surface area (Å²) in [5.74, 6) is 0.151. The molecule has 0 aromatic rings. The van der Waals surface area contributed by atoms with Gasteiger partial charge in [0.15, 0.2) is 0 Å². The van der Waals surface area contributed by atoms with Crippen LogP contribution in [-0.2, 0) is 4.79 Å². The second-order valence-electron chi connectivity index (χ2n) is 3.05. The Hall–Kier alpha value is -0.570. The maximum atomic E-state index is 11.5. The molecule has 2 N–H and O–H groups in total. The van der Waals surface area contributed by atoms with Gasteiger partial charge in [0.2, 0.25) is 5.91 Å². The molecule has 0 aliphatic rings. The van der Waals surface area contributed by atoms with Crippen LogP contribution in [0.25, 0.3) is 0 Å². The van der Waals surface area contributed by atoms with Crippen molar-refractivity contribution < 1.29 is 4.79 Å². The highest BCUT2D eigenvalue weighted by atomic mass is 16.2. The van der Waals surface area contributed by atoms with E-state index in [4.69, 9.17) is 5.73 Å². The van der Waals surface area contributed by atoms with E-state index >= 15 is 0 Å². The molecule has 12 heavy (non-hydrogen) atoms. The number of carbonyl (C=O) groups excluding carboxylic acids is 1. The fourth-order valence-corrected chi connectivity index (χ4v) is 1.11. The molecule has 1 atom stereocenters. The Bertz CT molecular complexity index is 136. The van der Waals surface area contributed by atoms with Crippen LogP contribution in [0.1, 0.15) is 27.2 Å². The summed E-state index contributed by atoms with van der Waals surface area (Å²) in [6.07, 6.45) is 1.01. The second kappa shape index (κ2) is 6.00. The molecule has 0 aromatic heterocycles. The van der Waals surface area contributed by atoms with Crippen molar-refractivity contribution in [2.75, 3.05) is 19.6 Å². The molecule has 0 rings (SSSR count). The monoisotopic (exact) mass is 172 g/mol. The molecule has 0 aliphatic heterocycles. The predicted molar refractivity (Wildman–Crippen MR) is 50.8 cm³/mol. The number of nitrogens with zero attached hydrogens (tertiary/aromatic N) is 1. The zero-order chi connectivity index (χ0) is 9.56. The van der Waals surface area contributed by atoms with E-state index in [0.717, 1.165) is 19.5 Å². The first-order chi connectivity index (χ1) is 5.67. The smallest absolute Gasteiger partial charge is 0.226 e. The zero-order valence-corrected chi connectivity index (χ0v) is 8.34. The molecule has 0 bridgehead atoms. The maximum absolute atomic E-state index is 11.5. The predicted octanol–water partition coefficient (Wildman–Crippen LogP) is 0.840. The Morgan fingerprint density at radius 3 is 2.42 bits per heavy atom. The van der Waals surface area contributed by atoms with E-state index in [2.05, 4.69) is 6.92 Å². The van der Waals surface area contributed by atoms with Gasteiger partial charge in [0.1, 0.15) is 0 Å². The van der Waals surface area contributed by atoms with Crippen LogP contribution in [0.2, 0.25) is 0 Å². The molecule has 0 aliphatic carbocycles. The molecule has 72 valence electrons. The standard InChI is InChI=1S/C9H20N2O/c1-4-6-11(5-2)9(12)8(3)7-10/h8H,4-7,10H2,1-3H3. The van der Waals surface area contributed by atoms with Gasteiger partial charge in [-0.05, 0) is 13.3 Å². The molecular formula is C9H20N2O. The van der Waals surface area contributed by atoms with Gasteiger partial charge in [-0.3, -0.25) is 4.79 Å². The van der Waals surface area contributed by atoms with Crippen LogP contribution in [-0.4, -0.2) is 30.4 Å². The highest BCUT2D eigenvalue weighted by molar-refractivity contribution is 5.78. The maximum Gasteiger partial charge on any atom is 0.226 e. The van der Waals surface area contributed by atoms with Crippen LogP contribution in [0.3, 0.4) is 0 Å². The van der Waals surface area contributed by atoms with E-state index in [1.807, 2.05) is 18.7 Å². The van der Waals surface area contributed by atoms with Crippen molar-refractivity contribution in [2.45, 2.75) is 27.2 Å². The van der Waals surface area contributed by atoms with E-state index in [-0.39, 0.29) is 11.8 Å². The summed E-state index contributed by atoms with van der Waals surface area (Å²) < 4.78 is 0. The summed E-state index contributed by atoms with van der Waals surface area (Å²) in [6.45, 7) is 8.02. The van der Waals surface area contributed by atoms with Gasteiger partial charge >= 0.3 is 0 Å². The number of hydrogen-bond acceptors (Lipinski definition) is 2. The lowest BCUT2D eigenvalue weighted by Crippen LogP contribution is -2.38. The van der Waals surface area contributed by atoms with Gasteiger partial charge in [-0.2, -0.15) is 0 Å². The molecule has 3 heteroatoms. The molecule has 1 amide bonds. The Morgan fingerprint density at radius 1 is 1.50 bits per heavy atom. The topological polar surface area (TPSA) is 46.3 Å². The fourth-order valence-electron chi connectivity index (χ4n) is 1.11. The molecule has 0 saturated carbocycles. The minimum Gasteiger partial charge on any atom is -0.343 e. The van der Waals surface area contributed by atoms with Crippen LogP contribution >= 0.6 is 0 Å². The number of amides is 1. The van der Waals surface area contributed by atoms with Crippen molar-refractivity contribution in [3.05, 3.63) is 0 Å². The van der Waals surface area contributed by atoms with Gasteiger partial charge in [0, 0.05) is 25.6 Å². The van der Waals surface area contributed by atoms with Gasteiger partial charge < -0.3 is 10.6 Å². The first kappa shape index (κ1) is 11.4. The molecule has 0 radical (unpaired) electrons. The lowest BCUT2D eigenvalue weighted by molar-refractivity contribution is -0.134. The van der Waals surface area contributed by atoms with Crippen molar-refractivity contribution in [3.8, 4) is 0 Å². The quantitative estimate of drug-likeness (QED) is 0.668. The summed E-state index contributed by atoms with van der Waals surface area (Å²) in [5, 5.41) is 0. The Morgan fingerprint density at radius 2 is 2.08 bits per heavy atom. The minimum atomic E-state index is -0.0310. The Kier molecular flexibility index (Phi) is 5.72. The third-order valence-electron chi connectivity index (χ3n) is 1.96. The van der Waals surface area contributed by atoms with Gasteiger partial charge in [0.05, 0.1) is 0 Å². The van der Waals surface area contributed by atoms with E-state index < -0.39 is 0 Å². The molecule has 0 heterocycles. The Balaban J connectivity index is 4.01. The highest BCUT2D eigenvalue weighted by Gasteiger charge is 2.16. The molecule has 0 aromatic carbocycles. The first-order valence-corrected chi connectivity index (χ1v) is 4.66. The lowest BCUT2D eigenvalue weighted by Gasteiger charge is -2.23. The lowest BCUT2D eigenvalue weighted by atomic mass is 10.1. The normalized spacial score (nSPS) is 12.7. The van der Waals surface area contributed by atoms with Gasteiger partial charge in [-0.1, -0.05) is 13.8 Å². The molecule has 1 unspecified atom stereocenters. The number of nitrogens with two attached hydrogens (primary N) is 1. The third-order valence-corrected chi connectivity index (χ3v) is 1.96. The summed E-state index contributed by atoms with van der Waals surface area (Å²) in [7, 11) is 0. The average molecular weight is 172 g/mol. The number of hydrogen-bond donors (Lipinski definition) is 1. The van der Waals surface area contributed by atoms with Gasteiger partial charge in [-0.25, -0.2) is 0 Å². The van der Waals surface area contributed by atoms with Crippen LogP contribution in [0.4, 0.5) is 0 Å². The fraction of sp³-hybridized carbons (Fsp3) is 0.889. The van der Waals surface area contributed by atoms with Crippen molar-refractivity contribution in [2.24, 2.45) is 11.7 Å². The van der Waals surface area contributed by atoms with Crippen LogP contribution < -0.4 is 5.73 Å². The molecule has 0 fully saturated rings. The third kappa shape index (κ3) is 3.22. The van der Waals surface area contributed by atoms with Crippen molar-refractivity contribution in [3.63, 3.8) is 0 Å². The van der Waals surface area contributed by atoms with Crippen LogP contribution in [0.15, 0.2) is 0 Å². The van der Waals surface area contributed by atoms with Gasteiger partial charge in [-0.15, -0.1) is 0 Å². The summed E-state index contributed by atoms with van der Waals surface area (Å²) in [5.41, 5.74) is 5.41. The molecule has 0 spiro atoms. The van der Waals surface area contributed by atoms with E-state index in [1.165, 1.54) is 0 Å². The summed E-state index contributed by atoms with van der Waals surface area (Å²) in [6, 6.07) is 0. The number of rotatable bonds is 5. The van der Waals surface area contributed by atoms with Crippen LogP contribution in [0, 0.1) is 5.92 Å². The second-order valence-corrected chi connectivity index (χ2v) is 3.05. The zero-order valence-electron chi connectivity index (χ0n) is 8.34. The summed E-state index contributed by atoms with van der Waals surface area (Å²) in [4.78, 5) is 13.4. The van der Waals surface area contributed by atoms with E-state index in [1.54, 1.807) is 0 Å². The molecule has 0 saturated heterocycles. The van der Waals surface area contributed by atoms with Gasteiger partial charge in [0.25, 0.3) is 0 Å². The van der Waals surface area contributed by atoms with E-state index in [9.17, 15) is 4.79 Å².